The van der Waals surface area contributed by atoms with Crippen molar-refractivity contribution in [3.63, 3.8) is 0 Å². The highest BCUT2D eigenvalue weighted by molar-refractivity contribution is 5.81. The molecule has 0 atom stereocenters. The summed E-state index contributed by atoms with van der Waals surface area (Å²) in [5.41, 5.74) is 8.57. The minimum absolute atomic E-state index is 0.469. The number of hydrogen-bond acceptors (Lipinski definition) is 2. The number of benzene rings is 1. The number of allylic oxidation sites excluding steroid dienone is 2. The number of hydrogen-bond donors (Lipinski definition) is 1. The summed E-state index contributed by atoms with van der Waals surface area (Å²) >= 11 is 0. The van der Waals surface area contributed by atoms with Gasteiger partial charge in [0.05, 0.1) is 6.61 Å². The van der Waals surface area contributed by atoms with E-state index in [1.807, 2.05) is 6.92 Å². The topological polar surface area (TPSA) is 29.5 Å². The average molecular weight is 246 g/mol. The largest absolute Gasteiger partial charge is 0.507 e. The zero-order valence-corrected chi connectivity index (χ0v) is 12.0. The molecule has 1 N–H and O–H groups in total. The second kappa shape index (κ2) is 4.77. The van der Waals surface area contributed by atoms with Crippen molar-refractivity contribution in [3.8, 4) is 5.75 Å². The molecule has 0 unspecified atom stereocenters. The molecule has 98 valence electrons. The van der Waals surface area contributed by atoms with Crippen LogP contribution in [0.15, 0.2) is 5.57 Å². The van der Waals surface area contributed by atoms with E-state index >= 15 is 0 Å². The molecule has 1 aliphatic carbocycles. The van der Waals surface area contributed by atoms with E-state index in [0.29, 0.717) is 12.4 Å². The monoisotopic (exact) mass is 246 g/mol. The Morgan fingerprint density at radius 3 is 2.39 bits per heavy atom. The molecule has 0 aromatic heterocycles. The molecule has 1 aromatic carbocycles. The molecule has 0 amide bonds. The van der Waals surface area contributed by atoms with E-state index in [0.717, 1.165) is 24.0 Å². The van der Waals surface area contributed by atoms with Gasteiger partial charge in [-0.3, -0.25) is 0 Å². The number of fused-ring (bicyclic) bond motifs is 1. The molecule has 1 aliphatic rings. The van der Waals surface area contributed by atoms with E-state index in [-0.39, 0.29) is 0 Å². The van der Waals surface area contributed by atoms with Gasteiger partial charge in [0, 0.05) is 12.7 Å². The van der Waals surface area contributed by atoms with Crippen molar-refractivity contribution in [2.75, 3.05) is 13.7 Å². The first-order valence-corrected chi connectivity index (χ1v) is 6.48. The molecule has 0 bridgehead atoms. The number of aromatic hydroxyl groups is 1. The van der Waals surface area contributed by atoms with Crippen LogP contribution >= 0.6 is 0 Å². The number of phenols is 1. The molecule has 0 saturated heterocycles. The summed E-state index contributed by atoms with van der Waals surface area (Å²) in [7, 11) is 1.72. The molecule has 2 rings (SSSR count). The molecule has 18 heavy (non-hydrogen) atoms. The van der Waals surface area contributed by atoms with Crippen LogP contribution in [0.25, 0.3) is 5.57 Å². The Hall–Kier alpha value is -1.28. The van der Waals surface area contributed by atoms with Crippen LogP contribution in [-0.4, -0.2) is 18.8 Å². The summed E-state index contributed by atoms with van der Waals surface area (Å²) in [5.74, 6) is 0.469. The van der Waals surface area contributed by atoms with Crippen LogP contribution in [0.2, 0.25) is 0 Å². The third kappa shape index (κ3) is 1.85. The summed E-state index contributed by atoms with van der Waals surface area (Å²) in [4.78, 5) is 0. The lowest BCUT2D eigenvalue weighted by molar-refractivity contribution is 0.202. The maximum Gasteiger partial charge on any atom is 0.126 e. The molecule has 2 nitrogen and oxygen atoms in total. The molecule has 0 aliphatic heterocycles. The molecule has 0 fully saturated rings. The molecule has 0 heterocycles. The Kier molecular flexibility index (Phi) is 3.49. The van der Waals surface area contributed by atoms with Crippen LogP contribution in [0.3, 0.4) is 0 Å². The van der Waals surface area contributed by atoms with Crippen molar-refractivity contribution in [1.82, 2.24) is 0 Å². The minimum Gasteiger partial charge on any atom is -0.507 e. The van der Waals surface area contributed by atoms with E-state index < -0.39 is 0 Å². The third-order valence-electron chi connectivity index (χ3n) is 4.27. The van der Waals surface area contributed by atoms with Crippen LogP contribution in [-0.2, 0) is 17.6 Å². The highest BCUT2D eigenvalue weighted by Gasteiger charge is 2.25. The van der Waals surface area contributed by atoms with Gasteiger partial charge in [-0.25, -0.2) is 0 Å². The predicted molar refractivity (Wildman–Crippen MR) is 75.1 cm³/mol. The lowest BCUT2D eigenvalue weighted by atomic mass is 9.90. The van der Waals surface area contributed by atoms with Crippen LogP contribution in [0, 0.1) is 13.8 Å². The van der Waals surface area contributed by atoms with Crippen LogP contribution < -0.4 is 0 Å². The van der Waals surface area contributed by atoms with Crippen molar-refractivity contribution < 1.29 is 9.84 Å². The average Bonchev–Trinajstić information content (AvgIpc) is 2.64. The first-order chi connectivity index (χ1) is 8.49. The molecule has 0 spiro atoms. The van der Waals surface area contributed by atoms with Crippen molar-refractivity contribution in [2.45, 2.75) is 40.5 Å². The fourth-order valence-electron chi connectivity index (χ4n) is 2.94. The number of rotatable bonds is 3. The second-order valence-electron chi connectivity index (χ2n) is 5.26. The van der Waals surface area contributed by atoms with Gasteiger partial charge in [-0.05, 0) is 68.4 Å². The Balaban J connectivity index is 2.59. The first kappa shape index (κ1) is 13.2. The fourth-order valence-corrected chi connectivity index (χ4v) is 2.94. The minimum atomic E-state index is 0.469. The Labute approximate surface area is 109 Å². The van der Waals surface area contributed by atoms with Crippen LogP contribution in [0.1, 0.15) is 41.7 Å². The van der Waals surface area contributed by atoms with Crippen molar-refractivity contribution in [3.05, 3.63) is 33.4 Å². The van der Waals surface area contributed by atoms with E-state index in [2.05, 4.69) is 20.8 Å². The van der Waals surface area contributed by atoms with Crippen molar-refractivity contribution in [1.29, 1.82) is 0 Å². The van der Waals surface area contributed by atoms with Crippen LogP contribution in [0.5, 0.6) is 5.75 Å². The Morgan fingerprint density at radius 2 is 1.78 bits per heavy atom. The van der Waals surface area contributed by atoms with Gasteiger partial charge in [0.15, 0.2) is 0 Å². The SMILES string of the molecule is COCCc1c(C)c(O)c2c(c1C)CC(C)=C2C. The summed E-state index contributed by atoms with van der Waals surface area (Å²) in [5, 5.41) is 10.4. The zero-order valence-electron chi connectivity index (χ0n) is 12.0. The molecular weight excluding hydrogens is 224 g/mol. The van der Waals surface area contributed by atoms with Gasteiger partial charge in [-0.2, -0.15) is 0 Å². The highest BCUT2D eigenvalue weighted by atomic mass is 16.5. The predicted octanol–water partition coefficient (Wildman–Crippen LogP) is 3.55. The maximum atomic E-state index is 10.4. The Bertz CT molecular complexity index is 525. The van der Waals surface area contributed by atoms with Gasteiger partial charge in [0.25, 0.3) is 0 Å². The Morgan fingerprint density at radius 1 is 1.11 bits per heavy atom. The molecule has 0 saturated carbocycles. The van der Waals surface area contributed by atoms with Gasteiger partial charge in [0.1, 0.15) is 5.75 Å². The third-order valence-corrected chi connectivity index (χ3v) is 4.27. The quantitative estimate of drug-likeness (QED) is 0.883. The summed E-state index contributed by atoms with van der Waals surface area (Å²) in [6.07, 6.45) is 1.84. The highest BCUT2D eigenvalue weighted by Crippen LogP contribution is 2.43. The summed E-state index contributed by atoms with van der Waals surface area (Å²) < 4.78 is 5.17. The van der Waals surface area contributed by atoms with E-state index in [1.54, 1.807) is 7.11 Å². The lowest BCUT2D eigenvalue weighted by Gasteiger charge is -2.17. The van der Waals surface area contributed by atoms with Gasteiger partial charge >= 0.3 is 0 Å². The number of methoxy groups -OCH3 is 1. The molecule has 2 heteroatoms. The van der Waals surface area contributed by atoms with Gasteiger partial charge in [-0.15, -0.1) is 0 Å². The maximum absolute atomic E-state index is 10.4. The smallest absolute Gasteiger partial charge is 0.126 e. The van der Waals surface area contributed by atoms with Crippen LogP contribution in [0.4, 0.5) is 0 Å². The van der Waals surface area contributed by atoms with Gasteiger partial charge in [-0.1, -0.05) is 5.57 Å². The van der Waals surface area contributed by atoms with E-state index in [9.17, 15) is 5.11 Å². The number of ether oxygens (including phenoxy) is 1. The fraction of sp³-hybridized carbons (Fsp3) is 0.500. The molecular formula is C16H22O2. The van der Waals surface area contributed by atoms with Gasteiger partial charge < -0.3 is 9.84 Å². The second-order valence-corrected chi connectivity index (χ2v) is 5.26. The normalized spacial score (nSPS) is 14.3. The molecule has 0 radical (unpaired) electrons. The standard InChI is InChI=1S/C16H22O2/c1-9-8-14-11(3)13(6-7-18-5)12(4)16(17)15(14)10(9)2/h17H,6-8H2,1-5H3. The summed E-state index contributed by atoms with van der Waals surface area (Å²) in [6.45, 7) is 9.13. The lowest BCUT2D eigenvalue weighted by Crippen LogP contribution is -2.04. The van der Waals surface area contributed by atoms with Crippen molar-refractivity contribution in [2.24, 2.45) is 0 Å². The van der Waals surface area contributed by atoms with E-state index in [4.69, 9.17) is 4.74 Å². The number of phenolic OH excluding ortho intramolecular Hbond substituents is 1. The van der Waals surface area contributed by atoms with Crippen molar-refractivity contribution >= 4 is 5.57 Å². The first-order valence-electron chi connectivity index (χ1n) is 6.48. The summed E-state index contributed by atoms with van der Waals surface area (Å²) in [6, 6.07) is 0. The van der Waals surface area contributed by atoms with Gasteiger partial charge in [0.2, 0.25) is 0 Å². The zero-order chi connectivity index (χ0) is 13.4. The molecule has 1 aromatic rings. The van der Waals surface area contributed by atoms with E-state index in [1.165, 1.54) is 27.8 Å².